The average Bonchev–Trinajstić information content (AvgIpc) is 2.77. The van der Waals surface area contributed by atoms with Gasteiger partial charge in [-0.3, -0.25) is 0 Å². The topological polar surface area (TPSA) is 55.8 Å². The van der Waals surface area contributed by atoms with Crippen LogP contribution in [0.15, 0.2) is 65.6 Å². The van der Waals surface area contributed by atoms with Crippen LogP contribution in [0.1, 0.15) is 22.3 Å². The largest absolute Gasteiger partial charge is 0.497 e. The van der Waals surface area contributed by atoms with Crippen molar-refractivity contribution in [2.24, 2.45) is 0 Å². The summed E-state index contributed by atoms with van der Waals surface area (Å²) in [5.74, 6) is 0.579. The second-order valence-electron chi connectivity index (χ2n) is 6.85. The van der Waals surface area contributed by atoms with E-state index in [2.05, 4.69) is 12.1 Å². The molecule has 0 aromatic heterocycles. The van der Waals surface area contributed by atoms with Gasteiger partial charge in [0, 0.05) is 22.3 Å². The van der Waals surface area contributed by atoms with Crippen LogP contribution in [-0.2, 0) is 10.5 Å². The van der Waals surface area contributed by atoms with Gasteiger partial charge < -0.3 is 14.6 Å². The summed E-state index contributed by atoms with van der Waals surface area (Å²) in [7, 11) is 1.57. The molecule has 31 heavy (non-hydrogen) atoms. The number of carbonyl (C=O) groups is 1. The molecule has 0 unspecified atom stereocenters. The summed E-state index contributed by atoms with van der Waals surface area (Å²) in [5, 5.41) is 8.87. The third kappa shape index (κ3) is 6.62. The Balaban J connectivity index is 1.67. The molecule has 0 radical (unpaired) electrons. The van der Waals surface area contributed by atoms with Crippen molar-refractivity contribution in [3.8, 4) is 11.5 Å². The lowest BCUT2D eigenvalue weighted by Crippen LogP contribution is -2.10. The van der Waals surface area contributed by atoms with E-state index in [0.29, 0.717) is 11.5 Å². The molecule has 0 saturated carbocycles. The molecule has 0 aliphatic heterocycles. The van der Waals surface area contributed by atoms with E-state index in [1.165, 1.54) is 12.1 Å². The van der Waals surface area contributed by atoms with Gasteiger partial charge in [-0.05, 0) is 41.8 Å². The van der Waals surface area contributed by atoms with E-state index in [4.69, 9.17) is 14.6 Å². The zero-order valence-electron chi connectivity index (χ0n) is 17.3. The van der Waals surface area contributed by atoms with Crippen LogP contribution in [0, 0.1) is 12.7 Å². The van der Waals surface area contributed by atoms with Crippen molar-refractivity contribution in [2.75, 3.05) is 13.7 Å². The Hall–Kier alpha value is -3.25. The summed E-state index contributed by atoms with van der Waals surface area (Å²) in [4.78, 5) is 11.8. The van der Waals surface area contributed by atoms with Crippen LogP contribution in [0.5, 0.6) is 11.5 Å². The van der Waals surface area contributed by atoms with Gasteiger partial charge >= 0.3 is 5.97 Å². The summed E-state index contributed by atoms with van der Waals surface area (Å²) in [6.45, 7) is 1.50. The van der Waals surface area contributed by atoms with E-state index in [9.17, 15) is 9.18 Å². The van der Waals surface area contributed by atoms with Crippen LogP contribution < -0.4 is 9.47 Å². The summed E-state index contributed by atoms with van der Waals surface area (Å²) in [6, 6.07) is 18.2. The highest BCUT2D eigenvalue weighted by molar-refractivity contribution is 7.98. The Bertz CT molecular complexity index is 1080. The fraction of sp³-hybridized carbons (Fsp3) is 0.160. The maximum Gasteiger partial charge on any atom is 0.341 e. The van der Waals surface area contributed by atoms with Crippen molar-refractivity contribution in [1.82, 2.24) is 0 Å². The van der Waals surface area contributed by atoms with Gasteiger partial charge in [0.25, 0.3) is 0 Å². The molecular formula is C25H23FO4S. The zero-order chi connectivity index (χ0) is 22.2. The molecule has 0 aliphatic carbocycles. The highest BCUT2D eigenvalue weighted by Crippen LogP contribution is 2.36. The van der Waals surface area contributed by atoms with Gasteiger partial charge in [0.05, 0.1) is 7.11 Å². The number of carboxylic acid groups (broad SMARTS) is 1. The molecule has 0 saturated heterocycles. The van der Waals surface area contributed by atoms with Gasteiger partial charge in [-0.1, -0.05) is 48.6 Å². The number of halogens is 1. The number of methoxy groups -OCH3 is 1. The number of thioether (sulfide) groups is 1. The van der Waals surface area contributed by atoms with Crippen LogP contribution in [0.3, 0.4) is 0 Å². The number of carboxylic acids is 1. The van der Waals surface area contributed by atoms with Crippen molar-refractivity contribution in [1.29, 1.82) is 0 Å². The predicted octanol–water partition coefficient (Wildman–Crippen LogP) is 6.07. The summed E-state index contributed by atoms with van der Waals surface area (Å²) in [6.07, 6.45) is 3.83. The number of aliphatic carboxylic acids is 1. The fourth-order valence-corrected chi connectivity index (χ4v) is 3.92. The van der Waals surface area contributed by atoms with Crippen LogP contribution >= 0.6 is 11.8 Å². The highest BCUT2D eigenvalue weighted by Gasteiger charge is 2.11. The van der Waals surface area contributed by atoms with Crippen molar-refractivity contribution < 1.29 is 23.8 Å². The van der Waals surface area contributed by atoms with Gasteiger partial charge in [-0.2, -0.15) is 0 Å². The van der Waals surface area contributed by atoms with Crippen LogP contribution in [0.4, 0.5) is 4.39 Å². The first-order valence-electron chi connectivity index (χ1n) is 9.63. The van der Waals surface area contributed by atoms with Gasteiger partial charge in [0.1, 0.15) is 17.3 Å². The number of hydrogen-bond acceptors (Lipinski definition) is 4. The van der Waals surface area contributed by atoms with Crippen LogP contribution in [0.25, 0.3) is 12.2 Å². The molecule has 160 valence electrons. The standard InChI is InChI=1S/C25H23FO4S/c1-17-23(30-15-25(27)28)13-22(29-2)14-24(17)31-16-20-10-7-18(8-11-20)6-9-19-4-3-5-21(26)12-19/h3-14H,15-16H2,1-2H3,(H,27,28). The number of benzene rings is 3. The van der Waals surface area contributed by atoms with Crippen molar-refractivity contribution >= 4 is 29.9 Å². The molecule has 6 heteroatoms. The van der Waals surface area contributed by atoms with Gasteiger partial charge in [-0.15, -0.1) is 11.8 Å². The molecule has 3 aromatic carbocycles. The molecule has 3 aromatic rings. The third-order valence-electron chi connectivity index (χ3n) is 4.56. The lowest BCUT2D eigenvalue weighted by atomic mass is 10.1. The molecular weight excluding hydrogens is 415 g/mol. The number of rotatable bonds is 9. The van der Waals surface area contributed by atoms with Crippen molar-refractivity contribution in [2.45, 2.75) is 17.6 Å². The monoisotopic (exact) mass is 438 g/mol. The van der Waals surface area contributed by atoms with Crippen molar-refractivity contribution in [3.63, 3.8) is 0 Å². The SMILES string of the molecule is COc1cc(OCC(=O)O)c(C)c(SCc2ccc(C=Cc3cccc(F)c3)cc2)c1. The minimum atomic E-state index is -1.03. The van der Waals surface area contributed by atoms with Gasteiger partial charge in [0.15, 0.2) is 6.61 Å². The second-order valence-corrected chi connectivity index (χ2v) is 7.87. The van der Waals surface area contributed by atoms with Crippen molar-refractivity contribution in [3.05, 3.63) is 88.7 Å². The minimum absolute atomic E-state index is 0.251. The lowest BCUT2D eigenvalue weighted by molar-refractivity contribution is -0.139. The first kappa shape index (κ1) is 22.4. The smallest absolute Gasteiger partial charge is 0.341 e. The Morgan fingerprint density at radius 2 is 1.81 bits per heavy atom. The van der Waals surface area contributed by atoms with E-state index < -0.39 is 12.6 Å². The normalized spacial score (nSPS) is 10.9. The van der Waals surface area contributed by atoms with E-state index in [1.807, 2.05) is 43.3 Å². The summed E-state index contributed by atoms with van der Waals surface area (Å²) < 4.78 is 24.0. The number of ether oxygens (including phenoxy) is 2. The number of hydrogen-bond donors (Lipinski definition) is 1. The Labute approximate surface area is 185 Å². The lowest BCUT2D eigenvalue weighted by Gasteiger charge is -2.14. The fourth-order valence-electron chi connectivity index (χ4n) is 2.88. The van der Waals surface area contributed by atoms with E-state index >= 15 is 0 Å². The molecule has 0 atom stereocenters. The maximum absolute atomic E-state index is 13.3. The third-order valence-corrected chi connectivity index (χ3v) is 5.78. The predicted molar refractivity (Wildman–Crippen MR) is 122 cm³/mol. The van der Waals surface area contributed by atoms with E-state index in [-0.39, 0.29) is 5.82 Å². The molecule has 4 nitrogen and oxygen atoms in total. The molecule has 3 rings (SSSR count). The van der Waals surface area contributed by atoms with E-state index in [0.717, 1.165) is 32.9 Å². The average molecular weight is 439 g/mol. The molecule has 1 N–H and O–H groups in total. The minimum Gasteiger partial charge on any atom is -0.497 e. The van der Waals surface area contributed by atoms with Crippen LogP contribution in [0.2, 0.25) is 0 Å². The van der Waals surface area contributed by atoms with Gasteiger partial charge in [-0.25, -0.2) is 9.18 Å². The quantitative estimate of drug-likeness (QED) is 0.325. The Kier molecular flexibility index (Phi) is 7.73. The highest BCUT2D eigenvalue weighted by atomic mass is 32.2. The molecule has 0 fully saturated rings. The molecule has 0 aliphatic rings. The summed E-state index contributed by atoms with van der Waals surface area (Å²) >= 11 is 1.63. The van der Waals surface area contributed by atoms with E-state index in [1.54, 1.807) is 31.0 Å². The molecule has 0 amide bonds. The molecule has 0 bridgehead atoms. The Morgan fingerprint density at radius 1 is 1.06 bits per heavy atom. The maximum atomic E-state index is 13.3. The first-order valence-corrected chi connectivity index (χ1v) is 10.6. The second kappa shape index (κ2) is 10.7. The molecule has 0 heterocycles. The first-order chi connectivity index (χ1) is 14.9. The molecule has 0 spiro atoms. The van der Waals surface area contributed by atoms with Crippen LogP contribution in [-0.4, -0.2) is 24.8 Å². The zero-order valence-corrected chi connectivity index (χ0v) is 18.1. The Morgan fingerprint density at radius 3 is 2.48 bits per heavy atom. The van der Waals surface area contributed by atoms with Gasteiger partial charge in [0.2, 0.25) is 0 Å². The summed E-state index contributed by atoms with van der Waals surface area (Å²) in [5.41, 5.74) is 3.86.